The van der Waals surface area contributed by atoms with Gasteiger partial charge >= 0.3 is 0 Å². The number of aliphatic hydroxyl groups is 1. The third-order valence-electron chi connectivity index (χ3n) is 3.54. The summed E-state index contributed by atoms with van der Waals surface area (Å²) in [6.45, 7) is 2.01. The Labute approximate surface area is 89.1 Å². The lowest BCUT2D eigenvalue weighted by atomic mass is 9.83. The zero-order valence-electron chi connectivity index (χ0n) is 8.76. The van der Waals surface area contributed by atoms with Gasteiger partial charge in [0, 0.05) is 24.2 Å². The first-order chi connectivity index (χ1) is 7.24. The number of nitrogens with zero attached hydrogens (tertiary/aromatic N) is 1. The van der Waals surface area contributed by atoms with Crippen molar-refractivity contribution in [2.24, 2.45) is 0 Å². The van der Waals surface area contributed by atoms with Gasteiger partial charge in [0.1, 0.15) is 0 Å². The molecule has 0 aliphatic carbocycles. The predicted octanol–water partition coefficient (Wildman–Crippen LogP) is 1.40. The van der Waals surface area contributed by atoms with Crippen molar-refractivity contribution in [3.63, 3.8) is 0 Å². The van der Waals surface area contributed by atoms with Crippen LogP contribution in [0.3, 0.4) is 0 Å². The minimum Gasteiger partial charge on any atom is -0.390 e. The molecule has 3 rings (SSSR count). The Balaban J connectivity index is 1.86. The number of aryl methyl sites for hydroxylation is 1. The molecule has 0 radical (unpaired) electrons. The SMILES string of the molecule is Cc1cc(C2CC3OC2CC3O)ccn1. The average Bonchev–Trinajstić information content (AvgIpc) is 2.76. The second-order valence-electron chi connectivity index (χ2n) is 4.59. The Kier molecular flexibility index (Phi) is 2.04. The highest BCUT2D eigenvalue weighted by molar-refractivity contribution is 5.24. The molecule has 2 fully saturated rings. The van der Waals surface area contributed by atoms with Crippen LogP contribution in [0.5, 0.6) is 0 Å². The molecule has 0 spiro atoms. The standard InChI is InChI=1S/C12H15NO2/c1-7-4-8(2-3-13-7)9-5-12-10(14)6-11(9)15-12/h2-4,9-12,14H,5-6H2,1H3. The molecule has 4 unspecified atom stereocenters. The number of pyridine rings is 1. The molecule has 1 aromatic heterocycles. The summed E-state index contributed by atoms with van der Waals surface area (Å²) in [5.74, 6) is 0.458. The normalized spacial score (nSPS) is 38.5. The van der Waals surface area contributed by atoms with Crippen molar-refractivity contribution >= 4 is 0 Å². The molecular weight excluding hydrogens is 190 g/mol. The number of rotatable bonds is 1. The van der Waals surface area contributed by atoms with Crippen LogP contribution in [0.4, 0.5) is 0 Å². The molecule has 3 heterocycles. The molecule has 15 heavy (non-hydrogen) atoms. The Morgan fingerprint density at radius 1 is 1.40 bits per heavy atom. The number of ether oxygens (including phenoxy) is 1. The van der Waals surface area contributed by atoms with Crippen molar-refractivity contribution in [1.29, 1.82) is 0 Å². The maximum Gasteiger partial charge on any atom is 0.0845 e. The van der Waals surface area contributed by atoms with Gasteiger partial charge in [-0.3, -0.25) is 4.98 Å². The van der Waals surface area contributed by atoms with E-state index in [2.05, 4.69) is 17.1 Å². The fraction of sp³-hybridized carbons (Fsp3) is 0.583. The van der Waals surface area contributed by atoms with Crippen molar-refractivity contribution in [3.05, 3.63) is 29.6 Å². The van der Waals surface area contributed by atoms with Gasteiger partial charge < -0.3 is 9.84 Å². The van der Waals surface area contributed by atoms with Crippen molar-refractivity contribution in [1.82, 2.24) is 4.98 Å². The molecule has 1 aromatic rings. The first kappa shape index (κ1) is 9.31. The highest BCUT2D eigenvalue weighted by Crippen LogP contribution is 2.44. The smallest absolute Gasteiger partial charge is 0.0845 e. The summed E-state index contributed by atoms with van der Waals surface area (Å²) in [4.78, 5) is 4.20. The number of fused-ring (bicyclic) bond motifs is 2. The monoisotopic (exact) mass is 205 g/mol. The number of aliphatic hydroxyl groups excluding tert-OH is 1. The lowest BCUT2D eigenvalue weighted by molar-refractivity contribution is 0.0534. The molecule has 2 aliphatic rings. The van der Waals surface area contributed by atoms with Gasteiger partial charge in [-0.25, -0.2) is 0 Å². The van der Waals surface area contributed by atoms with Crippen LogP contribution in [-0.4, -0.2) is 28.4 Å². The van der Waals surface area contributed by atoms with Crippen LogP contribution in [0.2, 0.25) is 0 Å². The van der Waals surface area contributed by atoms with Crippen molar-refractivity contribution in [2.75, 3.05) is 0 Å². The molecule has 3 nitrogen and oxygen atoms in total. The van der Waals surface area contributed by atoms with E-state index >= 15 is 0 Å². The lowest BCUT2D eigenvalue weighted by Gasteiger charge is -2.21. The molecule has 2 aliphatic heterocycles. The summed E-state index contributed by atoms with van der Waals surface area (Å²) < 4.78 is 5.72. The highest BCUT2D eigenvalue weighted by atomic mass is 16.5. The van der Waals surface area contributed by atoms with E-state index in [0.29, 0.717) is 5.92 Å². The van der Waals surface area contributed by atoms with Gasteiger partial charge in [-0.2, -0.15) is 0 Å². The molecule has 2 saturated heterocycles. The summed E-state index contributed by atoms with van der Waals surface area (Å²) in [6.07, 6.45) is 3.63. The van der Waals surface area contributed by atoms with E-state index < -0.39 is 0 Å². The van der Waals surface area contributed by atoms with Gasteiger partial charge in [0.25, 0.3) is 0 Å². The minimum absolute atomic E-state index is 0.0634. The minimum atomic E-state index is -0.241. The summed E-state index contributed by atoms with van der Waals surface area (Å²) in [5, 5.41) is 9.60. The van der Waals surface area contributed by atoms with Gasteiger partial charge in [-0.1, -0.05) is 0 Å². The average molecular weight is 205 g/mol. The number of hydrogen-bond acceptors (Lipinski definition) is 3. The maximum atomic E-state index is 9.60. The van der Waals surface area contributed by atoms with Gasteiger partial charge in [0.15, 0.2) is 0 Å². The van der Waals surface area contributed by atoms with Gasteiger partial charge in [0.05, 0.1) is 18.3 Å². The molecule has 3 heteroatoms. The third kappa shape index (κ3) is 1.46. The lowest BCUT2D eigenvalue weighted by Crippen LogP contribution is -2.25. The Morgan fingerprint density at radius 2 is 2.27 bits per heavy atom. The van der Waals surface area contributed by atoms with Crippen LogP contribution in [0.15, 0.2) is 18.3 Å². The largest absolute Gasteiger partial charge is 0.390 e. The highest BCUT2D eigenvalue weighted by Gasteiger charge is 2.46. The molecule has 4 atom stereocenters. The topological polar surface area (TPSA) is 42.4 Å². The second kappa shape index (κ2) is 3.29. The zero-order chi connectivity index (χ0) is 10.4. The predicted molar refractivity (Wildman–Crippen MR) is 55.6 cm³/mol. The van der Waals surface area contributed by atoms with E-state index in [1.807, 2.05) is 13.1 Å². The summed E-state index contributed by atoms with van der Waals surface area (Å²) in [7, 11) is 0. The fourth-order valence-electron chi connectivity index (χ4n) is 2.78. The summed E-state index contributed by atoms with van der Waals surface area (Å²) in [5.41, 5.74) is 2.36. The fourth-order valence-corrected chi connectivity index (χ4v) is 2.78. The van der Waals surface area contributed by atoms with Crippen LogP contribution in [-0.2, 0) is 4.74 Å². The Hall–Kier alpha value is -0.930. The van der Waals surface area contributed by atoms with E-state index in [0.717, 1.165) is 18.5 Å². The van der Waals surface area contributed by atoms with Crippen LogP contribution in [0.25, 0.3) is 0 Å². The first-order valence-electron chi connectivity index (χ1n) is 5.50. The molecular formula is C12H15NO2. The van der Waals surface area contributed by atoms with Crippen LogP contribution >= 0.6 is 0 Å². The Bertz CT molecular complexity index is 378. The summed E-state index contributed by atoms with van der Waals surface area (Å²) >= 11 is 0. The molecule has 1 N–H and O–H groups in total. The quantitative estimate of drug-likeness (QED) is 0.753. The van der Waals surface area contributed by atoms with Crippen molar-refractivity contribution in [2.45, 2.75) is 44.0 Å². The van der Waals surface area contributed by atoms with Gasteiger partial charge in [-0.05, 0) is 31.0 Å². The van der Waals surface area contributed by atoms with Crippen LogP contribution in [0, 0.1) is 6.92 Å². The van der Waals surface area contributed by atoms with E-state index in [1.54, 1.807) is 0 Å². The molecule has 0 amide bonds. The number of hydrogen-bond donors (Lipinski definition) is 1. The van der Waals surface area contributed by atoms with Crippen molar-refractivity contribution in [3.8, 4) is 0 Å². The van der Waals surface area contributed by atoms with E-state index in [9.17, 15) is 5.11 Å². The van der Waals surface area contributed by atoms with E-state index in [1.165, 1.54) is 5.56 Å². The summed E-state index contributed by atoms with van der Waals surface area (Å²) in [6, 6.07) is 4.19. The number of aromatic nitrogens is 1. The third-order valence-corrected chi connectivity index (χ3v) is 3.54. The molecule has 2 bridgehead atoms. The van der Waals surface area contributed by atoms with Gasteiger partial charge in [0.2, 0.25) is 0 Å². The Morgan fingerprint density at radius 3 is 2.87 bits per heavy atom. The zero-order valence-corrected chi connectivity index (χ0v) is 8.76. The maximum absolute atomic E-state index is 9.60. The molecule has 0 aromatic carbocycles. The molecule has 0 saturated carbocycles. The van der Waals surface area contributed by atoms with Gasteiger partial charge in [-0.15, -0.1) is 0 Å². The van der Waals surface area contributed by atoms with E-state index in [4.69, 9.17) is 4.74 Å². The molecule has 80 valence electrons. The first-order valence-corrected chi connectivity index (χ1v) is 5.50. The van der Waals surface area contributed by atoms with Crippen LogP contribution < -0.4 is 0 Å². The van der Waals surface area contributed by atoms with E-state index in [-0.39, 0.29) is 18.3 Å². The van der Waals surface area contributed by atoms with Crippen LogP contribution in [0.1, 0.15) is 30.0 Å². The van der Waals surface area contributed by atoms with Crippen molar-refractivity contribution < 1.29 is 9.84 Å². The second-order valence-corrected chi connectivity index (χ2v) is 4.59.